The van der Waals surface area contributed by atoms with Gasteiger partial charge >= 0.3 is 11.9 Å². The van der Waals surface area contributed by atoms with Gasteiger partial charge in [-0.1, -0.05) is 268 Å². The van der Waals surface area contributed by atoms with E-state index in [1.54, 1.807) is 0 Å². The van der Waals surface area contributed by atoms with Gasteiger partial charge in [0.1, 0.15) is 13.2 Å². The van der Waals surface area contributed by atoms with E-state index < -0.39 is 24.3 Å². The fourth-order valence-electron chi connectivity index (χ4n) is 8.70. The zero-order valence-corrected chi connectivity index (χ0v) is 54.7. The lowest BCUT2D eigenvalue weighted by atomic mass is 10.0. The van der Waals surface area contributed by atoms with Crippen LogP contribution in [0.15, 0.2) is 158 Å². The van der Waals surface area contributed by atoms with E-state index in [-0.39, 0.29) is 38.6 Å². The minimum atomic E-state index is -1.63. The third kappa shape index (κ3) is 66.3. The quantitative estimate of drug-likeness (QED) is 0.0195. The number of hydrogen-bond donors (Lipinski definition) is 0. The van der Waals surface area contributed by atoms with Crippen LogP contribution in [0.1, 0.15) is 245 Å². The summed E-state index contributed by atoms with van der Waals surface area (Å²) < 4.78 is 22.8. The molecule has 0 aromatic rings. The number of carbonyl (C=O) groups is 3. The van der Waals surface area contributed by atoms with E-state index in [1.807, 2.05) is 21.1 Å². The Bertz CT molecular complexity index is 1950. The number of unbranched alkanes of at least 4 members (excludes halogenated alkanes) is 19. The molecule has 0 aliphatic rings. The van der Waals surface area contributed by atoms with E-state index in [4.69, 9.17) is 18.9 Å². The normalized spacial score (nSPS) is 13.8. The Labute approximate surface area is 521 Å². The van der Waals surface area contributed by atoms with Crippen molar-refractivity contribution in [1.82, 2.24) is 0 Å². The summed E-state index contributed by atoms with van der Waals surface area (Å²) in [6, 6.07) is 0. The largest absolute Gasteiger partial charge is 0.545 e. The molecule has 2 unspecified atom stereocenters. The third-order valence-corrected chi connectivity index (χ3v) is 13.8. The number of ether oxygens (including phenoxy) is 4. The molecule has 0 heterocycles. The fraction of sp³-hybridized carbons (Fsp3) is 0.618. The average Bonchev–Trinajstić information content (AvgIpc) is 3.48. The van der Waals surface area contributed by atoms with Crippen molar-refractivity contribution in [2.24, 2.45) is 0 Å². The number of esters is 2. The first kappa shape index (κ1) is 79.9. The zero-order chi connectivity index (χ0) is 61.9. The lowest BCUT2D eigenvalue weighted by Crippen LogP contribution is -2.44. The summed E-state index contributed by atoms with van der Waals surface area (Å²) in [6.45, 7) is 4.49. The van der Waals surface area contributed by atoms with E-state index in [0.29, 0.717) is 17.4 Å². The molecule has 9 heteroatoms. The number of carboxylic acids is 1. The van der Waals surface area contributed by atoms with Crippen LogP contribution in [0.5, 0.6) is 0 Å². The second-order valence-corrected chi connectivity index (χ2v) is 23.0. The molecule has 0 N–H and O–H groups in total. The Morgan fingerprint density at radius 3 is 0.941 bits per heavy atom. The summed E-state index contributed by atoms with van der Waals surface area (Å²) in [5, 5.41) is 11.8. The Hall–Kier alpha value is -5.09. The Morgan fingerprint density at radius 2 is 0.635 bits per heavy atom. The highest BCUT2D eigenvalue weighted by Crippen LogP contribution is 2.15. The predicted octanol–water partition coefficient (Wildman–Crippen LogP) is 19.6. The maximum atomic E-state index is 12.9. The van der Waals surface area contributed by atoms with Gasteiger partial charge in [0, 0.05) is 12.8 Å². The summed E-state index contributed by atoms with van der Waals surface area (Å²) in [5.41, 5.74) is 0. The van der Waals surface area contributed by atoms with E-state index in [1.165, 1.54) is 70.6 Å². The molecule has 0 radical (unpaired) electrons. The zero-order valence-electron chi connectivity index (χ0n) is 54.7. The van der Waals surface area contributed by atoms with Crippen molar-refractivity contribution in [3.05, 3.63) is 158 Å². The van der Waals surface area contributed by atoms with Crippen molar-refractivity contribution in [2.75, 3.05) is 47.5 Å². The molecular formula is C76H123NO8. The van der Waals surface area contributed by atoms with Crippen molar-refractivity contribution in [3.63, 3.8) is 0 Å². The molecule has 0 aromatic heterocycles. The summed E-state index contributed by atoms with van der Waals surface area (Å²) in [5.74, 6) is -2.31. The highest BCUT2D eigenvalue weighted by atomic mass is 16.7. The third-order valence-electron chi connectivity index (χ3n) is 13.8. The van der Waals surface area contributed by atoms with Crippen molar-refractivity contribution in [1.29, 1.82) is 0 Å². The van der Waals surface area contributed by atoms with Gasteiger partial charge < -0.3 is 33.3 Å². The van der Waals surface area contributed by atoms with Crippen LogP contribution in [-0.4, -0.2) is 82.3 Å². The molecule has 0 aromatic carbocycles. The summed E-state index contributed by atoms with van der Waals surface area (Å²) in [6.07, 6.45) is 93.1. The Balaban J connectivity index is 4.19. The highest BCUT2D eigenvalue weighted by molar-refractivity contribution is 5.70. The van der Waals surface area contributed by atoms with Gasteiger partial charge in [-0.15, -0.1) is 0 Å². The van der Waals surface area contributed by atoms with E-state index >= 15 is 0 Å². The van der Waals surface area contributed by atoms with Gasteiger partial charge in [-0.2, -0.15) is 0 Å². The van der Waals surface area contributed by atoms with Crippen LogP contribution in [0, 0.1) is 0 Å². The maximum Gasteiger partial charge on any atom is 0.306 e. The number of hydrogen-bond acceptors (Lipinski definition) is 8. The van der Waals surface area contributed by atoms with Gasteiger partial charge in [0.15, 0.2) is 12.4 Å². The van der Waals surface area contributed by atoms with Crippen molar-refractivity contribution < 1.29 is 42.9 Å². The molecular weight excluding hydrogens is 1050 g/mol. The highest BCUT2D eigenvalue weighted by Gasteiger charge is 2.22. The second-order valence-electron chi connectivity index (χ2n) is 23.0. The number of allylic oxidation sites excluding steroid dienone is 26. The number of nitrogens with zero attached hydrogens (tertiary/aromatic N) is 1. The van der Waals surface area contributed by atoms with E-state index in [2.05, 4.69) is 172 Å². The van der Waals surface area contributed by atoms with Crippen LogP contribution < -0.4 is 5.11 Å². The van der Waals surface area contributed by atoms with Gasteiger partial charge in [0.05, 0.1) is 40.3 Å². The van der Waals surface area contributed by atoms with Crippen molar-refractivity contribution in [3.8, 4) is 0 Å². The number of quaternary nitrogens is 1. The van der Waals surface area contributed by atoms with Crippen LogP contribution in [0.25, 0.3) is 0 Å². The molecule has 0 saturated heterocycles. The van der Waals surface area contributed by atoms with Crippen molar-refractivity contribution >= 4 is 17.9 Å². The molecule has 0 rings (SSSR count). The summed E-state index contributed by atoms with van der Waals surface area (Å²) >= 11 is 0. The van der Waals surface area contributed by atoms with Crippen LogP contribution in [0.3, 0.4) is 0 Å². The van der Waals surface area contributed by atoms with Gasteiger partial charge in [-0.05, 0) is 122 Å². The minimum Gasteiger partial charge on any atom is -0.545 e. The molecule has 85 heavy (non-hydrogen) atoms. The van der Waals surface area contributed by atoms with Crippen LogP contribution in [-0.2, 0) is 33.3 Å². The monoisotopic (exact) mass is 1180 g/mol. The van der Waals surface area contributed by atoms with E-state index in [9.17, 15) is 19.5 Å². The van der Waals surface area contributed by atoms with Crippen LogP contribution in [0.4, 0.5) is 0 Å². The standard InChI is InChI=1S/C76H123NO8/c1-6-8-10-12-14-16-18-20-22-24-26-28-30-31-32-33-34-35-36-37-38-39-40-41-42-43-45-47-49-51-53-55-57-59-61-63-65-67-74(79)85-72(71-84-76(75(80)81)82-69-68-77(3,4)5)70-83-73(78)66-64-62-60-58-56-54-52-50-48-46-44-29-27-25-23-21-19-17-15-13-11-9-7-2/h8-11,14-17,20-23,26-29,31-32,34-35,37-38,40-41,46,48,72,76H,6-7,12-13,18-19,24-25,30,33,36,39,42-45,47,49-71H2,1-5H3/b10-8-,11-9-,16-14-,17-15-,22-20-,23-21-,28-26-,29-27-,32-31-,35-34-,38-37-,41-40-,48-46-. The minimum absolute atomic E-state index is 0.137. The average molecular weight is 1180 g/mol. The van der Waals surface area contributed by atoms with Gasteiger partial charge in [0.2, 0.25) is 0 Å². The molecule has 2 atom stereocenters. The molecule has 0 aliphatic carbocycles. The van der Waals surface area contributed by atoms with E-state index in [0.717, 1.165) is 141 Å². The SMILES string of the molecule is CC/C=C\C/C=C\C/C=C\C/C=C\C/C=C\C/C=C\C/C=C\C/C=C\CCCCCCCCCCCCCCC(=O)OC(COC(=O)CCCCCCCCC/C=C\C/C=C\C/C=C\C/C=C\C/C=C\CC)COC(OCC[N+](C)(C)C)C(=O)[O-]. The number of aliphatic carboxylic acids is 1. The lowest BCUT2D eigenvalue weighted by Gasteiger charge is -2.26. The molecule has 0 spiro atoms. The molecule has 0 bridgehead atoms. The first-order chi connectivity index (χ1) is 41.6. The first-order valence-corrected chi connectivity index (χ1v) is 33.6. The van der Waals surface area contributed by atoms with Gasteiger partial charge in [-0.25, -0.2) is 0 Å². The molecule has 0 amide bonds. The first-order valence-electron chi connectivity index (χ1n) is 33.6. The fourth-order valence-corrected chi connectivity index (χ4v) is 8.70. The molecule has 9 nitrogen and oxygen atoms in total. The number of carboxylic acid groups (broad SMARTS) is 1. The number of carbonyl (C=O) groups excluding carboxylic acids is 3. The summed E-state index contributed by atoms with van der Waals surface area (Å²) in [4.78, 5) is 37.4. The molecule has 0 aliphatic heterocycles. The Kier molecular flexibility index (Phi) is 61.0. The maximum absolute atomic E-state index is 12.9. The Morgan fingerprint density at radius 1 is 0.353 bits per heavy atom. The molecule has 480 valence electrons. The van der Waals surface area contributed by atoms with Gasteiger partial charge in [-0.3, -0.25) is 9.59 Å². The van der Waals surface area contributed by atoms with Crippen molar-refractivity contribution in [2.45, 2.75) is 257 Å². The number of rotatable bonds is 60. The lowest BCUT2D eigenvalue weighted by molar-refractivity contribution is -0.870. The number of likely N-dealkylation sites (N-methyl/N-ethyl adjacent to an activating group) is 1. The topological polar surface area (TPSA) is 111 Å². The second kappa shape index (κ2) is 64.9. The summed E-state index contributed by atoms with van der Waals surface area (Å²) in [7, 11) is 5.91. The predicted molar refractivity (Wildman–Crippen MR) is 361 cm³/mol. The van der Waals surface area contributed by atoms with Gasteiger partial charge in [0.25, 0.3) is 0 Å². The smallest absolute Gasteiger partial charge is 0.306 e. The molecule has 0 saturated carbocycles. The van der Waals surface area contributed by atoms with Crippen LogP contribution >= 0.6 is 0 Å². The van der Waals surface area contributed by atoms with Crippen LogP contribution in [0.2, 0.25) is 0 Å². The molecule has 0 fully saturated rings.